The van der Waals surface area contributed by atoms with E-state index in [0.717, 1.165) is 12.2 Å². The second kappa shape index (κ2) is 7.39. The number of hydrogen-bond acceptors (Lipinski definition) is 6. The molecule has 7 nitrogen and oxygen atoms in total. The van der Waals surface area contributed by atoms with Crippen LogP contribution in [0.5, 0.6) is 5.75 Å². The monoisotopic (exact) mass is 290 g/mol. The molecule has 112 valence electrons. The molecule has 0 radical (unpaired) electrons. The van der Waals surface area contributed by atoms with Crippen LogP contribution in [0.4, 0.5) is 5.95 Å². The number of H-pyrrole nitrogens is 1. The van der Waals surface area contributed by atoms with Crippen LogP contribution in [-0.2, 0) is 4.74 Å². The maximum absolute atomic E-state index is 12.0. The number of benzene rings is 1. The van der Waals surface area contributed by atoms with Crippen molar-refractivity contribution < 1.29 is 9.47 Å². The fourth-order valence-corrected chi connectivity index (χ4v) is 1.78. The Hall–Kier alpha value is -2.41. The first-order valence-electron chi connectivity index (χ1n) is 6.59. The average molecular weight is 290 g/mol. The minimum atomic E-state index is -0.288. The van der Waals surface area contributed by atoms with E-state index < -0.39 is 0 Å². The van der Waals surface area contributed by atoms with Gasteiger partial charge in [0.05, 0.1) is 7.11 Å². The quantitative estimate of drug-likeness (QED) is 0.747. The number of rotatable bonds is 7. The third-order valence-electron chi connectivity index (χ3n) is 2.88. The molecule has 0 amide bonds. The zero-order valence-electron chi connectivity index (χ0n) is 12.0. The van der Waals surface area contributed by atoms with Gasteiger partial charge in [0.2, 0.25) is 5.95 Å². The Bertz CT molecular complexity index is 625. The highest BCUT2D eigenvalue weighted by Gasteiger charge is 2.07. The third kappa shape index (κ3) is 4.03. The van der Waals surface area contributed by atoms with Crippen molar-refractivity contribution in [1.29, 1.82) is 0 Å². The topological polar surface area (TPSA) is 89.1 Å². The van der Waals surface area contributed by atoms with Crippen molar-refractivity contribution in [3.63, 3.8) is 0 Å². The third-order valence-corrected chi connectivity index (χ3v) is 2.88. The number of ether oxygens (including phenoxy) is 2. The summed E-state index contributed by atoms with van der Waals surface area (Å²) < 4.78 is 10.0. The van der Waals surface area contributed by atoms with Crippen molar-refractivity contribution in [2.75, 3.05) is 32.7 Å². The van der Waals surface area contributed by atoms with Crippen LogP contribution in [0.1, 0.15) is 6.42 Å². The van der Waals surface area contributed by atoms with E-state index in [-0.39, 0.29) is 11.3 Å². The summed E-state index contributed by atoms with van der Waals surface area (Å²) in [5, 5.41) is 10.9. The number of nitrogens with zero attached hydrogens (tertiary/aromatic N) is 2. The van der Waals surface area contributed by atoms with Crippen molar-refractivity contribution in [2.45, 2.75) is 6.42 Å². The number of hydrogen-bond donors (Lipinski definition) is 2. The van der Waals surface area contributed by atoms with Gasteiger partial charge in [-0.2, -0.15) is 0 Å². The number of anilines is 1. The summed E-state index contributed by atoms with van der Waals surface area (Å²) in [6.45, 7) is 1.30. The first-order valence-corrected chi connectivity index (χ1v) is 6.59. The van der Waals surface area contributed by atoms with Crippen LogP contribution in [-0.4, -0.2) is 42.6 Å². The Labute approximate surface area is 122 Å². The molecule has 2 rings (SSSR count). The minimum absolute atomic E-state index is 0.278. The largest absolute Gasteiger partial charge is 0.497 e. The molecular formula is C14H18N4O3. The van der Waals surface area contributed by atoms with E-state index in [1.165, 1.54) is 0 Å². The molecule has 0 aliphatic heterocycles. The highest BCUT2D eigenvalue weighted by atomic mass is 16.5. The molecule has 0 bridgehead atoms. The number of methoxy groups -OCH3 is 2. The van der Waals surface area contributed by atoms with Crippen LogP contribution in [0.2, 0.25) is 0 Å². The predicted octanol–water partition coefficient (Wildman–Crippen LogP) is 1.29. The van der Waals surface area contributed by atoms with E-state index >= 15 is 0 Å². The fraction of sp³-hybridized carbons (Fsp3) is 0.357. The molecular weight excluding hydrogens is 272 g/mol. The normalized spacial score (nSPS) is 10.4. The minimum Gasteiger partial charge on any atom is -0.497 e. The SMILES string of the molecule is COCCCNc1nnc(-c2ccc(OC)cc2)c(=O)[nH]1. The van der Waals surface area contributed by atoms with E-state index in [9.17, 15) is 4.79 Å². The number of aromatic amines is 1. The Kier molecular flexibility index (Phi) is 5.28. The lowest BCUT2D eigenvalue weighted by molar-refractivity contribution is 0.197. The summed E-state index contributed by atoms with van der Waals surface area (Å²) >= 11 is 0. The van der Waals surface area contributed by atoms with E-state index in [4.69, 9.17) is 9.47 Å². The van der Waals surface area contributed by atoms with Gasteiger partial charge in [-0.1, -0.05) is 0 Å². The van der Waals surface area contributed by atoms with Gasteiger partial charge in [0.15, 0.2) is 5.69 Å². The molecule has 0 saturated carbocycles. The van der Waals surface area contributed by atoms with Crippen molar-refractivity contribution in [1.82, 2.24) is 15.2 Å². The molecule has 21 heavy (non-hydrogen) atoms. The van der Waals surface area contributed by atoms with Crippen LogP contribution in [0.3, 0.4) is 0 Å². The van der Waals surface area contributed by atoms with Crippen LogP contribution < -0.4 is 15.6 Å². The molecule has 0 unspecified atom stereocenters. The standard InChI is InChI=1S/C14H18N4O3/c1-20-9-3-8-15-14-16-13(19)12(17-18-14)10-4-6-11(21-2)7-5-10/h4-7H,3,8-9H2,1-2H3,(H2,15,16,18,19). The smallest absolute Gasteiger partial charge is 0.279 e. The molecule has 0 aliphatic carbocycles. The van der Waals surface area contributed by atoms with Gasteiger partial charge in [-0.05, 0) is 30.7 Å². The van der Waals surface area contributed by atoms with Gasteiger partial charge >= 0.3 is 0 Å². The molecule has 0 fully saturated rings. The average Bonchev–Trinajstić information content (AvgIpc) is 2.52. The Morgan fingerprint density at radius 3 is 2.57 bits per heavy atom. The predicted molar refractivity (Wildman–Crippen MR) is 79.6 cm³/mol. The number of aromatic nitrogens is 3. The molecule has 7 heteroatoms. The lowest BCUT2D eigenvalue weighted by atomic mass is 10.1. The molecule has 1 aromatic carbocycles. The van der Waals surface area contributed by atoms with Gasteiger partial charge in [-0.3, -0.25) is 9.78 Å². The maximum atomic E-state index is 12.0. The lowest BCUT2D eigenvalue weighted by Crippen LogP contribution is -2.17. The van der Waals surface area contributed by atoms with E-state index in [1.54, 1.807) is 38.5 Å². The lowest BCUT2D eigenvalue weighted by Gasteiger charge is -2.05. The van der Waals surface area contributed by atoms with Crippen molar-refractivity contribution in [3.8, 4) is 17.0 Å². The molecule has 2 aromatic rings. The summed E-state index contributed by atoms with van der Waals surface area (Å²) in [6, 6.07) is 7.08. The van der Waals surface area contributed by atoms with Gasteiger partial charge in [0.1, 0.15) is 5.75 Å². The summed E-state index contributed by atoms with van der Waals surface area (Å²) in [6.07, 6.45) is 0.820. The summed E-state index contributed by atoms with van der Waals surface area (Å²) in [5.74, 6) is 1.08. The van der Waals surface area contributed by atoms with Crippen molar-refractivity contribution in [2.24, 2.45) is 0 Å². The van der Waals surface area contributed by atoms with E-state index in [0.29, 0.717) is 24.7 Å². The first-order chi connectivity index (χ1) is 10.2. The molecule has 0 saturated heterocycles. The van der Waals surface area contributed by atoms with Crippen LogP contribution in [0.15, 0.2) is 29.1 Å². The van der Waals surface area contributed by atoms with Crippen LogP contribution in [0.25, 0.3) is 11.3 Å². The van der Waals surface area contributed by atoms with E-state index in [2.05, 4.69) is 20.5 Å². The molecule has 1 aromatic heterocycles. The van der Waals surface area contributed by atoms with Gasteiger partial charge < -0.3 is 14.8 Å². The Balaban J connectivity index is 2.09. The first kappa shape index (κ1) is 15.0. The van der Waals surface area contributed by atoms with E-state index in [1.807, 2.05) is 0 Å². The second-order valence-corrected chi connectivity index (χ2v) is 4.35. The molecule has 0 atom stereocenters. The van der Waals surface area contributed by atoms with Gasteiger partial charge in [-0.25, -0.2) is 0 Å². The molecule has 1 heterocycles. The van der Waals surface area contributed by atoms with Gasteiger partial charge in [0, 0.05) is 25.8 Å². The number of nitrogens with one attached hydrogen (secondary N) is 2. The van der Waals surface area contributed by atoms with Crippen molar-refractivity contribution >= 4 is 5.95 Å². The summed E-state index contributed by atoms with van der Waals surface area (Å²) in [4.78, 5) is 14.7. The molecule has 0 spiro atoms. The summed E-state index contributed by atoms with van der Waals surface area (Å²) in [7, 11) is 3.23. The van der Waals surface area contributed by atoms with Crippen LogP contribution in [0, 0.1) is 0 Å². The van der Waals surface area contributed by atoms with Gasteiger partial charge in [0.25, 0.3) is 5.56 Å². The highest BCUT2D eigenvalue weighted by molar-refractivity contribution is 5.58. The summed E-state index contributed by atoms with van der Waals surface area (Å²) in [5.41, 5.74) is 0.681. The van der Waals surface area contributed by atoms with Crippen molar-refractivity contribution in [3.05, 3.63) is 34.6 Å². The highest BCUT2D eigenvalue weighted by Crippen LogP contribution is 2.17. The maximum Gasteiger partial charge on any atom is 0.279 e. The van der Waals surface area contributed by atoms with Crippen LogP contribution >= 0.6 is 0 Å². The zero-order valence-corrected chi connectivity index (χ0v) is 12.0. The Morgan fingerprint density at radius 2 is 1.95 bits per heavy atom. The van der Waals surface area contributed by atoms with Gasteiger partial charge in [-0.15, -0.1) is 10.2 Å². The zero-order chi connectivity index (χ0) is 15.1. The second-order valence-electron chi connectivity index (χ2n) is 4.35. The Morgan fingerprint density at radius 1 is 1.19 bits per heavy atom. The fourth-order valence-electron chi connectivity index (χ4n) is 1.78. The molecule has 0 aliphatic rings. The molecule has 2 N–H and O–H groups in total.